The van der Waals surface area contributed by atoms with Gasteiger partial charge in [-0.3, -0.25) is 0 Å². The highest BCUT2D eigenvalue weighted by atomic mass is 16.3. The lowest BCUT2D eigenvalue weighted by atomic mass is 9.90. The summed E-state index contributed by atoms with van der Waals surface area (Å²) in [5, 5.41) is 2.25. The van der Waals surface area contributed by atoms with Gasteiger partial charge in [0.1, 0.15) is 11.2 Å². The molecule has 0 spiro atoms. The van der Waals surface area contributed by atoms with Crippen molar-refractivity contribution in [3.63, 3.8) is 0 Å². The van der Waals surface area contributed by atoms with E-state index in [4.69, 9.17) is 4.42 Å². The molecule has 0 aliphatic carbocycles. The molecule has 0 radical (unpaired) electrons. The summed E-state index contributed by atoms with van der Waals surface area (Å²) in [6.07, 6.45) is 0.984. The van der Waals surface area contributed by atoms with Gasteiger partial charge < -0.3 is 4.42 Å². The largest absolute Gasteiger partial charge is 0.455 e. The van der Waals surface area contributed by atoms with Gasteiger partial charge in [0.05, 0.1) is 0 Å². The molecule has 0 aliphatic rings. The molecule has 0 atom stereocenters. The summed E-state index contributed by atoms with van der Waals surface area (Å²) in [5.41, 5.74) is 15.0. The van der Waals surface area contributed by atoms with E-state index in [1.54, 1.807) is 0 Å². The first-order valence-corrected chi connectivity index (χ1v) is 15.7. The summed E-state index contributed by atoms with van der Waals surface area (Å²) in [6.45, 7) is 2.21. The monoisotopic (exact) mass is 576 g/mol. The Balaban J connectivity index is 1.39. The van der Waals surface area contributed by atoms with Gasteiger partial charge in [-0.05, 0) is 86.3 Å². The zero-order chi connectivity index (χ0) is 30.2. The Morgan fingerprint density at radius 2 is 0.889 bits per heavy atom. The fourth-order valence-electron chi connectivity index (χ4n) is 6.58. The van der Waals surface area contributed by atoms with Crippen LogP contribution in [0.3, 0.4) is 0 Å². The fourth-order valence-corrected chi connectivity index (χ4v) is 6.58. The van der Waals surface area contributed by atoms with Crippen LogP contribution in [0, 0.1) is 0 Å². The number of hydrogen-bond acceptors (Lipinski definition) is 1. The van der Waals surface area contributed by atoms with E-state index in [1.807, 2.05) is 0 Å². The van der Waals surface area contributed by atoms with Crippen LogP contribution in [0.1, 0.15) is 12.5 Å². The summed E-state index contributed by atoms with van der Waals surface area (Å²) in [5.74, 6) is 0. The average molecular weight is 577 g/mol. The molecule has 1 aromatic heterocycles. The number of rotatable bonds is 6. The van der Waals surface area contributed by atoms with Crippen LogP contribution in [0.5, 0.6) is 0 Å². The van der Waals surface area contributed by atoms with Crippen molar-refractivity contribution in [1.29, 1.82) is 0 Å². The second-order valence-electron chi connectivity index (χ2n) is 11.6. The van der Waals surface area contributed by atoms with Crippen LogP contribution in [0.4, 0.5) is 0 Å². The summed E-state index contributed by atoms with van der Waals surface area (Å²) in [4.78, 5) is 0. The highest BCUT2D eigenvalue weighted by Gasteiger charge is 2.18. The maximum absolute atomic E-state index is 6.72. The lowest BCUT2D eigenvalue weighted by Crippen LogP contribution is -1.88. The van der Waals surface area contributed by atoms with Crippen molar-refractivity contribution in [2.75, 3.05) is 0 Å². The average Bonchev–Trinajstić information content (AvgIpc) is 3.50. The predicted octanol–water partition coefficient (Wildman–Crippen LogP) is 12.5. The normalized spacial score (nSPS) is 11.3. The van der Waals surface area contributed by atoms with E-state index in [1.165, 1.54) is 55.6 Å². The van der Waals surface area contributed by atoms with Gasteiger partial charge in [0.25, 0.3) is 0 Å². The number of fused-ring (bicyclic) bond motifs is 3. The first-order chi connectivity index (χ1) is 22.3. The van der Waals surface area contributed by atoms with Crippen molar-refractivity contribution in [1.82, 2.24) is 0 Å². The molecule has 0 N–H and O–H groups in total. The van der Waals surface area contributed by atoms with Crippen LogP contribution in [-0.2, 0) is 6.42 Å². The standard InChI is InChI=1S/C44H32O/c1-2-30-14-13-19-33(26-30)40-28-35(39-23-12-10-21-37(39)32-17-7-4-8-18-32)29-42-41-27-34(24-25-43(41)45-44(40)42)38-22-11-9-20-36(38)31-15-5-3-6-16-31/h3-29H,2H2,1H3. The van der Waals surface area contributed by atoms with E-state index in [0.717, 1.165) is 33.9 Å². The maximum Gasteiger partial charge on any atom is 0.143 e. The number of hydrogen-bond donors (Lipinski definition) is 0. The smallest absolute Gasteiger partial charge is 0.143 e. The molecular weight excluding hydrogens is 544 g/mol. The van der Waals surface area contributed by atoms with Crippen LogP contribution < -0.4 is 0 Å². The van der Waals surface area contributed by atoms with Gasteiger partial charge in [0.2, 0.25) is 0 Å². The third kappa shape index (κ3) is 4.93. The van der Waals surface area contributed by atoms with Gasteiger partial charge in [-0.2, -0.15) is 0 Å². The second kappa shape index (κ2) is 11.4. The van der Waals surface area contributed by atoms with E-state index in [2.05, 4.69) is 171 Å². The minimum atomic E-state index is 0.896. The van der Waals surface area contributed by atoms with Gasteiger partial charge in [-0.25, -0.2) is 0 Å². The highest BCUT2D eigenvalue weighted by Crippen LogP contribution is 2.43. The molecular formula is C44H32O. The molecule has 8 rings (SSSR count). The van der Waals surface area contributed by atoms with Gasteiger partial charge in [0, 0.05) is 16.3 Å². The quantitative estimate of drug-likeness (QED) is 0.192. The first-order valence-electron chi connectivity index (χ1n) is 15.7. The van der Waals surface area contributed by atoms with Crippen LogP contribution in [0.25, 0.3) is 77.6 Å². The lowest BCUT2D eigenvalue weighted by Gasteiger charge is -2.13. The van der Waals surface area contributed by atoms with Crippen LogP contribution in [-0.4, -0.2) is 0 Å². The molecule has 7 aromatic carbocycles. The van der Waals surface area contributed by atoms with Gasteiger partial charge in [-0.1, -0.05) is 146 Å². The second-order valence-corrected chi connectivity index (χ2v) is 11.6. The van der Waals surface area contributed by atoms with Gasteiger partial charge >= 0.3 is 0 Å². The third-order valence-corrected chi connectivity index (χ3v) is 8.86. The number of furan rings is 1. The molecule has 0 unspecified atom stereocenters. The molecule has 214 valence electrons. The SMILES string of the molecule is CCc1cccc(-c2cc(-c3ccccc3-c3ccccc3)cc3c2oc2ccc(-c4ccccc4-c4ccccc4)cc23)c1. The van der Waals surface area contributed by atoms with Crippen molar-refractivity contribution in [2.24, 2.45) is 0 Å². The van der Waals surface area contributed by atoms with Crippen molar-refractivity contribution in [2.45, 2.75) is 13.3 Å². The summed E-state index contributed by atoms with van der Waals surface area (Å²) in [7, 11) is 0. The zero-order valence-corrected chi connectivity index (χ0v) is 25.2. The van der Waals surface area contributed by atoms with Crippen LogP contribution >= 0.6 is 0 Å². The molecule has 1 heterocycles. The molecule has 0 amide bonds. The van der Waals surface area contributed by atoms with Gasteiger partial charge in [0.15, 0.2) is 0 Å². The van der Waals surface area contributed by atoms with E-state index in [9.17, 15) is 0 Å². The topological polar surface area (TPSA) is 13.1 Å². The minimum absolute atomic E-state index is 0.896. The maximum atomic E-state index is 6.72. The fraction of sp³-hybridized carbons (Fsp3) is 0.0455. The Bertz CT molecular complexity index is 2290. The minimum Gasteiger partial charge on any atom is -0.455 e. The van der Waals surface area contributed by atoms with Crippen molar-refractivity contribution >= 4 is 21.9 Å². The summed E-state index contributed by atoms with van der Waals surface area (Å²) >= 11 is 0. The lowest BCUT2D eigenvalue weighted by molar-refractivity contribution is 0.670. The van der Waals surface area contributed by atoms with E-state index < -0.39 is 0 Å². The van der Waals surface area contributed by atoms with Crippen LogP contribution in [0.2, 0.25) is 0 Å². The Kier molecular flexibility index (Phi) is 6.85. The Morgan fingerprint density at radius 1 is 0.378 bits per heavy atom. The van der Waals surface area contributed by atoms with Crippen molar-refractivity contribution < 1.29 is 4.42 Å². The summed E-state index contributed by atoms with van der Waals surface area (Å²) < 4.78 is 6.72. The Hall–Kier alpha value is -5.66. The molecule has 0 saturated carbocycles. The van der Waals surface area contributed by atoms with E-state index in [0.29, 0.717) is 0 Å². The first kappa shape index (κ1) is 26.9. The Labute approximate surface area is 264 Å². The predicted molar refractivity (Wildman–Crippen MR) is 190 cm³/mol. The van der Waals surface area contributed by atoms with Crippen LogP contribution in [0.15, 0.2) is 168 Å². The van der Waals surface area contributed by atoms with E-state index in [-0.39, 0.29) is 0 Å². The Morgan fingerprint density at radius 3 is 1.51 bits per heavy atom. The van der Waals surface area contributed by atoms with Gasteiger partial charge in [-0.15, -0.1) is 0 Å². The van der Waals surface area contributed by atoms with Crippen molar-refractivity contribution in [3.05, 3.63) is 169 Å². The molecule has 1 heteroatoms. The number of benzene rings is 7. The molecule has 0 saturated heterocycles. The van der Waals surface area contributed by atoms with E-state index >= 15 is 0 Å². The molecule has 1 nitrogen and oxygen atoms in total. The molecule has 8 aromatic rings. The molecule has 0 fully saturated rings. The zero-order valence-electron chi connectivity index (χ0n) is 25.2. The van der Waals surface area contributed by atoms with Crippen molar-refractivity contribution in [3.8, 4) is 55.6 Å². The number of aryl methyl sites for hydroxylation is 1. The molecule has 0 aliphatic heterocycles. The molecule has 0 bridgehead atoms. The third-order valence-electron chi connectivity index (χ3n) is 8.86. The summed E-state index contributed by atoms with van der Waals surface area (Å²) in [6, 6.07) is 58.8. The highest BCUT2D eigenvalue weighted by molar-refractivity contribution is 6.13. The molecule has 45 heavy (non-hydrogen) atoms.